The highest BCUT2D eigenvalue weighted by Gasteiger charge is 2.08. The molecule has 2 heteroatoms. The summed E-state index contributed by atoms with van der Waals surface area (Å²) in [7, 11) is 0. The van der Waals surface area contributed by atoms with E-state index in [2.05, 4.69) is 13.8 Å². The summed E-state index contributed by atoms with van der Waals surface area (Å²) in [5.41, 5.74) is 1.06. The van der Waals surface area contributed by atoms with Crippen LogP contribution in [0.1, 0.15) is 31.9 Å². The van der Waals surface area contributed by atoms with Crippen LogP contribution >= 0.6 is 11.3 Å². The van der Waals surface area contributed by atoms with E-state index in [4.69, 9.17) is 0 Å². The van der Waals surface area contributed by atoms with E-state index in [9.17, 15) is 5.11 Å². The van der Waals surface area contributed by atoms with Gasteiger partial charge in [0.2, 0.25) is 0 Å². The lowest BCUT2D eigenvalue weighted by molar-refractivity contribution is 0.151. The lowest BCUT2D eigenvalue weighted by Crippen LogP contribution is -1.99. The number of thiophene rings is 1. The quantitative estimate of drug-likeness (QED) is 0.739. The molecule has 0 bridgehead atoms. The van der Waals surface area contributed by atoms with Crippen LogP contribution < -0.4 is 0 Å². The van der Waals surface area contributed by atoms with Crippen LogP contribution in [0.25, 0.3) is 0 Å². The average molecular weight is 170 g/mol. The van der Waals surface area contributed by atoms with E-state index >= 15 is 0 Å². The Kier molecular flexibility index (Phi) is 3.09. The molecule has 0 saturated heterocycles. The Morgan fingerprint density at radius 1 is 1.55 bits per heavy atom. The van der Waals surface area contributed by atoms with Crippen LogP contribution in [0.5, 0.6) is 0 Å². The van der Waals surface area contributed by atoms with Gasteiger partial charge in [-0.1, -0.05) is 13.8 Å². The maximum atomic E-state index is 9.59. The Labute approximate surface area is 71.7 Å². The van der Waals surface area contributed by atoms with Gasteiger partial charge < -0.3 is 5.11 Å². The Morgan fingerprint density at radius 3 is 2.73 bits per heavy atom. The molecule has 0 aliphatic heterocycles. The summed E-state index contributed by atoms with van der Waals surface area (Å²) in [5.74, 6) is 0.560. The zero-order chi connectivity index (χ0) is 8.27. The van der Waals surface area contributed by atoms with Crippen LogP contribution in [0.4, 0.5) is 0 Å². The largest absolute Gasteiger partial charge is 0.388 e. The van der Waals surface area contributed by atoms with Gasteiger partial charge in [-0.3, -0.25) is 0 Å². The highest BCUT2D eigenvalue weighted by Crippen LogP contribution is 2.22. The van der Waals surface area contributed by atoms with Crippen molar-refractivity contribution in [3.05, 3.63) is 22.4 Å². The van der Waals surface area contributed by atoms with Crippen molar-refractivity contribution in [2.45, 2.75) is 26.4 Å². The third kappa shape index (κ3) is 2.64. The number of rotatable bonds is 3. The van der Waals surface area contributed by atoms with E-state index in [0.717, 1.165) is 12.0 Å². The standard InChI is InChI=1S/C9H14OS/c1-7(2)5-9(10)8-3-4-11-6-8/h3-4,6-7,9-10H,5H2,1-2H3. The minimum absolute atomic E-state index is 0.263. The van der Waals surface area contributed by atoms with Crippen LogP contribution in [-0.2, 0) is 0 Å². The first-order chi connectivity index (χ1) is 5.20. The zero-order valence-electron chi connectivity index (χ0n) is 6.95. The molecule has 0 saturated carbocycles. The normalized spacial score (nSPS) is 13.8. The van der Waals surface area contributed by atoms with Gasteiger partial charge in [0.05, 0.1) is 6.10 Å². The monoisotopic (exact) mass is 170 g/mol. The Balaban J connectivity index is 2.49. The van der Waals surface area contributed by atoms with Crippen LogP contribution in [-0.4, -0.2) is 5.11 Å². The first-order valence-corrected chi connectivity index (χ1v) is 4.84. The molecule has 1 heterocycles. The summed E-state index contributed by atoms with van der Waals surface area (Å²) in [5, 5.41) is 13.6. The Morgan fingerprint density at radius 2 is 2.27 bits per heavy atom. The molecule has 1 N–H and O–H groups in total. The summed E-state index contributed by atoms with van der Waals surface area (Å²) in [6.07, 6.45) is 0.595. The molecule has 1 unspecified atom stereocenters. The number of aliphatic hydroxyl groups is 1. The third-order valence-electron chi connectivity index (χ3n) is 1.62. The summed E-state index contributed by atoms with van der Waals surface area (Å²) in [6.45, 7) is 4.24. The van der Waals surface area contributed by atoms with Crippen LogP contribution in [0.2, 0.25) is 0 Å². The molecular formula is C9H14OS. The first-order valence-electron chi connectivity index (χ1n) is 3.90. The first kappa shape index (κ1) is 8.75. The molecule has 0 radical (unpaired) electrons. The van der Waals surface area contributed by atoms with Crippen molar-refractivity contribution in [3.63, 3.8) is 0 Å². The second-order valence-electron chi connectivity index (χ2n) is 3.20. The fraction of sp³-hybridized carbons (Fsp3) is 0.556. The molecule has 0 aliphatic rings. The molecule has 0 aromatic carbocycles. The fourth-order valence-electron chi connectivity index (χ4n) is 1.05. The van der Waals surface area contributed by atoms with Gasteiger partial charge in [0.15, 0.2) is 0 Å². The van der Waals surface area contributed by atoms with Crippen molar-refractivity contribution in [1.82, 2.24) is 0 Å². The van der Waals surface area contributed by atoms with Gasteiger partial charge in [-0.2, -0.15) is 11.3 Å². The molecule has 0 spiro atoms. The highest BCUT2D eigenvalue weighted by molar-refractivity contribution is 7.07. The Bertz CT molecular complexity index is 191. The molecule has 62 valence electrons. The van der Waals surface area contributed by atoms with Crippen molar-refractivity contribution < 1.29 is 5.11 Å². The lowest BCUT2D eigenvalue weighted by atomic mass is 10.0. The van der Waals surface area contributed by atoms with Crippen molar-refractivity contribution in [1.29, 1.82) is 0 Å². The number of hydrogen-bond acceptors (Lipinski definition) is 2. The van der Waals surface area contributed by atoms with Crippen molar-refractivity contribution in [3.8, 4) is 0 Å². The van der Waals surface area contributed by atoms with Crippen molar-refractivity contribution >= 4 is 11.3 Å². The lowest BCUT2D eigenvalue weighted by Gasteiger charge is -2.10. The van der Waals surface area contributed by atoms with E-state index in [1.54, 1.807) is 11.3 Å². The molecule has 1 aromatic rings. The van der Waals surface area contributed by atoms with Gasteiger partial charge in [0.25, 0.3) is 0 Å². The second kappa shape index (κ2) is 3.88. The van der Waals surface area contributed by atoms with Gasteiger partial charge >= 0.3 is 0 Å². The van der Waals surface area contributed by atoms with E-state index in [-0.39, 0.29) is 6.10 Å². The van der Waals surface area contributed by atoms with E-state index in [1.165, 1.54) is 0 Å². The minimum atomic E-state index is -0.263. The molecule has 0 aliphatic carbocycles. The SMILES string of the molecule is CC(C)CC(O)c1ccsc1. The molecule has 1 atom stereocenters. The number of aliphatic hydroxyl groups excluding tert-OH is 1. The Hall–Kier alpha value is -0.340. The summed E-state index contributed by atoms with van der Waals surface area (Å²) >= 11 is 1.64. The molecular weight excluding hydrogens is 156 g/mol. The van der Waals surface area contributed by atoms with E-state index in [0.29, 0.717) is 5.92 Å². The summed E-state index contributed by atoms with van der Waals surface area (Å²) < 4.78 is 0. The topological polar surface area (TPSA) is 20.2 Å². The third-order valence-corrected chi connectivity index (χ3v) is 2.32. The number of hydrogen-bond donors (Lipinski definition) is 1. The maximum absolute atomic E-state index is 9.59. The summed E-state index contributed by atoms with van der Waals surface area (Å²) in [4.78, 5) is 0. The van der Waals surface area contributed by atoms with Gasteiger partial charge in [0, 0.05) is 0 Å². The van der Waals surface area contributed by atoms with Crippen LogP contribution in [0, 0.1) is 5.92 Å². The van der Waals surface area contributed by atoms with E-state index < -0.39 is 0 Å². The van der Waals surface area contributed by atoms with Gasteiger partial charge in [-0.15, -0.1) is 0 Å². The predicted octanol–water partition coefficient (Wildman–Crippen LogP) is 2.83. The van der Waals surface area contributed by atoms with Gasteiger partial charge in [-0.05, 0) is 34.7 Å². The van der Waals surface area contributed by atoms with Crippen molar-refractivity contribution in [2.24, 2.45) is 5.92 Å². The van der Waals surface area contributed by atoms with Crippen LogP contribution in [0.3, 0.4) is 0 Å². The van der Waals surface area contributed by atoms with Gasteiger partial charge in [0.1, 0.15) is 0 Å². The second-order valence-corrected chi connectivity index (χ2v) is 3.98. The average Bonchev–Trinajstić information content (AvgIpc) is 2.35. The zero-order valence-corrected chi connectivity index (χ0v) is 7.77. The van der Waals surface area contributed by atoms with Crippen molar-refractivity contribution in [2.75, 3.05) is 0 Å². The molecule has 0 fully saturated rings. The smallest absolute Gasteiger partial charge is 0.0800 e. The highest BCUT2D eigenvalue weighted by atomic mass is 32.1. The maximum Gasteiger partial charge on any atom is 0.0800 e. The molecule has 11 heavy (non-hydrogen) atoms. The van der Waals surface area contributed by atoms with Gasteiger partial charge in [-0.25, -0.2) is 0 Å². The fourth-order valence-corrected chi connectivity index (χ4v) is 1.75. The molecule has 1 nitrogen and oxygen atoms in total. The molecule has 1 aromatic heterocycles. The molecule has 0 amide bonds. The predicted molar refractivity (Wildman–Crippen MR) is 48.7 cm³/mol. The van der Waals surface area contributed by atoms with Crippen LogP contribution in [0.15, 0.2) is 16.8 Å². The minimum Gasteiger partial charge on any atom is -0.388 e. The molecule has 1 rings (SSSR count). The summed E-state index contributed by atoms with van der Waals surface area (Å²) in [6, 6.07) is 1.98. The van der Waals surface area contributed by atoms with E-state index in [1.807, 2.05) is 16.8 Å².